The van der Waals surface area contributed by atoms with Gasteiger partial charge in [-0.2, -0.15) is 5.26 Å². The molecule has 0 atom stereocenters. The zero-order valence-electron chi connectivity index (χ0n) is 8.10. The molecule has 3 heteroatoms. The molecule has 1 aromatic carbocycles. The van der Waals surface area contributed by atoms with Gasteiger partial charge in [0, 0.05) is 0 Å². The summed E-state index contributed by atoms with van der Waals surface area (Å²) in [6.07, 6.45) is 0.543. The van der Waals surface area contributed by atoms with E-state index in [2.05, 4.69) is 0 Å². The summed E-state index contributed by atoms with van der Waals surface area (Å²) >= 11 is 0. The number of ketones is 1. The van der Waals surface area contributed by atoms with E-state index in [9.17, 15) is 9.18 Å². The topological polar surface area (TPSA) is 40.9 Å². The first-order chi connectivity index (χ1) is 6.60. The van der Waals surface area contributed by atoms with E-state index in [0.717, 1.165) is 6.07 Å². The number of aryl methyl sites for hydroxylation is 1. The fraction of sp³-hybridized carbons (Fsp3) is 0.273. The molecule has 1 aromatic rings. The summed E-state index contributed by atoms with van der Waals surface area (Å²) in [7, 11) is 0. The molecule has 0 unspecified atom stereocenters. The number of carbonyl (C=O) groups is 1. The summed E-state index contributed by atoms with van der Waals surface area (Å²) < 4.78 is 13.4. The first kappa shape index (κ1) is 10.4. The maximum Gasteiger partial charge on any atom is 0.163 e. The van der Waals surface area contributed by atoms with E-state index in [-0.39, 0.29) is 16.9 Å². The minimum absolute atomic E-state index is 0.103. The van der Waals surface area contributed by atoms with Gasteiger partial charge in [0.1, 0.15) is 5.82 Å². The Bertz CT molecular complexity index is 418. The quantitative estimate of drug-likeness (QED) is 0.674. The lowest BCUT2D eigenvalue weighted by molar-refractivity contribution is 0.101. The Labute approximate surface area is 82.0 Å². The van der Waals surface area contributed by atoms with Gasteiger partial charge in [-0.25, -0.2) is 4.39 Å². The normalized spacial score (nSPS) is 9.57. The lowest BCUT2D eigenvalue weighted by atomic mass is 9.99. The van der Waals surface area contributed by atoms with Gasteiger partial charge in [-0.15, -0.1) is 0 Å². The van der Waals surface area contributed by atoms with Crippen LogP contribution in [0.5, 0.6) is 0 Å². The Morgan fingerprint density at radius 1 is 1.57 bits per heavy atom. The number of carbonyl (C=O) groups excluding carboxylic acids is 1. The molecule has 1 rings (SSSR count). The molecular formula is C11H10FNO. The molecule has 0 radical (unpaired) electrons. The number of Topliss-reactive ketones (excluding diaryl/α,β-unsaturated/α-hetero) is 1. The highest BCUT2D eigenvalue weighted by atomic mass is 19.1. The maximum atomic E-state index is 13.4. The van der Waals surface area contributed by atoms with Crippen molar-refractivity contribution in [2.75, 3.05) is 0 Å². The molecule has 0 saturated carbocycles. The van der Waals surface area contributed by atoms with Gasteiger partial charge in [-0.3, -0.25) is 4.79 Å². The number of rotatable bonds is 2. The third-order valence-electron chi connectivity index (χ3n) is 2.03. The van der Waals surface area contributed by atoms with Gasteiger partial charge in [0.25, 0.3) is 0 Å². The van der Waals surface area contributed by atoms with Crippen molar-refractivity contribution < 1.29 is 9.18 Å². The second-order valence-electron chi connectivity index (χ2n) is 3.01. The minimum Gasteiger partial charge on any atom is -0.294 e. The average Bonchev–Trinajstić information content (AvgIpc) is 2.15. The highest BCUT2D eigenvalue weighted by Crippen LogP contribution is 2.17. The second kappa shape index (κ2) is 4.01. The molecule has 0 saturated heterocycles. The first-order valence-corrected chi connectivity index (χ1v) is 4.33. The molecule has 0 aliphatic rings. The van der Waals surface area contributed by atoms with Crippen LogP contribution in [-0.2, 0) is 6.42 Å². The number of hydrogen-bond acceptors (Lipinski definition) is 2. The van der Waals surface area contributed by atoms with Crippen LogP contribution in [0.3, 0.4) is 0 Å². The number of hydrogen-bond donors (Lipinski definition) is 0. The van der Waals surface area contributed by atoms with Gasteiger partial charge in [-0.05, 0) is 31.0 Å². The summed E-state index contributed by atoms with van der Waals surface area (Å²) in [5.41, 5.74) is 0.949. The molecule has 0 heterocycles. The molecule has 72 valence electrons. The van der Waals surface area contributed by atoms with Gasteiger partial charge < -0.3 is 0 Å². The van der Waals surface area contributed by atoms with E-state index in [0.29, 0.717) is 12.0 Å². The third-order valence-corrected chi connectivity index (χ3v) is 2.03. The predicted octanol–water partition coefficient (Wildman–Crippen LogP) is 2.46. The van der Waals surface area contributed by atoms with Crippen LogP contribution in [0, 0.1) is 17.1 Å². The predicted molar refractivity (Wildman–Crippen MR) is 50.5 cm³/mol. The lowest BCUT2D eigenvalue weighted by Crippen LogP contribution is -2.03. The van der Waals surface area contributed by atoms with E-state index in [1.165, 1.54) is 6.92 Å². The molecule has 0 amide bonds. The van der Waals surface area contributed by atoms with Gasteiger partial charge in [0.05, 0.1) is 17.2 Å². The minimum atomic E-state index is -0.603. The van der Waals surface area contributed by atoms with Gasteiger partial charge in [0.15, 0.2) is 5.78 Å². The zero-order chi connectivity index (χ0) is 10.7. The molecule has 0 N–H and O–H groups in total. The maximum absolute atomic E-state index is 13.4. The molecule has 14 heavy (non-hydrogen) atoms. The van der Waals surface area contributed by atoms with Crippen LogP contribution < -0.4 is 0 Å². The summed E-state index contributed by atoms with van der Waals surface area (Å²) in [5, 5.41) is 8.61. The van der Waals surface area contributed by atoms with E-state index < -0.39 is 5.82 Å². The first-order valence-electron chi connectivity index (χ1n) is 4.33. The van der Waals surface area contributed by atoms with Crippen LogP contribution in [0.15, 0.2) is 12.1 Å². The molecule has 0 aliphatic carbocycles. The molecule has 0 spiro atoms. The fourth-order valence-electron chi connectivity index (χ4n) is 1.40. The third kappa shape index (κ3) is 1.80. The molecular weight excluding hydrogens is 181 g/mol. The highest BCUT2D eigenvalue weighted by Gasteiger charge is 2.13. The highest BCUT2D eigenvalue weighted by molar-refractivity contribution is 5.96. The zero-order valence-corrected chi connectivity index (χ0v) is 8.10. The average molecular weight is 191 g/mol. The smallest absolute Gasteiger partial charge is 0.163 e. The van der Waals surface area contributed by atoms with Crippen LogP contribution in [0.25, 0.3) is 0 Å². The van der Waals surface area contributed by atoms with E-state index in [1.807, 2.05) is 13.0 Å². The number of halogens is 1. The van der Waals surface area contributed by atoms with Crippen molar-refractivity contribution >= 4 is 5.78 Å². The Morgan fingerprint density at radius 2 is 2.21 bits per heavy atom. The van der Waals surface area contributed by atoms with Crippen LogP contribution in [0.2, 0.25) is 0 Å². The second-order valence-corrected chi connectivity index (χ2v) is 3.01. The summed E-state index contributed by atoms with van der Waals surface area (Å²) in [6.45, 7) is 3.14. The monoisotopic (exact) mass is 191 g/mol. The van der Waals surface area contributed by atoms with Crippen molar-refractivity contribution in [2.24, 2.45) is 0 Å². The fourth-order valence-corrected chi connectivity index (χ4v) is 1.40. The van der Waals surface area contributed by atoms with E-state index in [4.69, 9.17) is 5.26 Å². The lowest BCUT2D eigenvalue weighted by Gasteiger charge is -2.06. The van der Waals surface area contributed by atoms with E-state index >= 15 is 0 Å². The van der Waals surface area contributed by atoms with Gasteiger partial charge in [-0.1, -0.05) is 6.92 Å². The molecule has 0 aromatic heterocycles. The summed E-state index contributed by atoms with van der Waals surface area (Å²) in [6, 6.07) is 4.51. The standard InChI is InChI=1S/C11H10FNO/c1-3-9-4-8(6-13)5-10(12)11(9)7(2)14/h4-5H,3H2,1-2H3. The van der Waals surface area contributed by atoms with Crippen LogP contribution in [0.4, 0.5) is 4.39 Å². The van der Waals surface area contributed by atoms with Crippen molar-refractivity contribution in [3.05, 3.63) is 34.6 Å². The van der Waals surface area contributed by atoms with Gasteiger partial charge >= 0.3 is 0 Å². The number of nitriles is 1. The van der Waals surface area contributed by atoms with Gasteiger partial charge in [0.2, 0.25) is 0 Å². The Hall–Kier alpha value is -1.69. The number of benzene rings is 1. The van der Waals surface area contributed by atoms with Crippen LogP contribution in [0.1, 0.15) is 35.3 Å². The van der Waals surface area contributed by atoms with Crippen molar-refractivity contribution in [2.45, 2.75) is 20.3 Å². The summed E-state index contributed by atoms with van der Waals surface area (Å²) in [5.74, 6) is -0.905. The van der Waals surface area contributed by atoms with E-state index in [1.54, 1.807) is 6.07 Å². The number of nitrogens with zero attached hydrogens (tertiary/aromatic N) is 1. The molecule has 0 aliphatic heterocycles. The Kier molecular flexibility index (Phi) is 2.98. The van der Waals surface area contributed by atoms with Crippen molar-refractivity contribution in [3.8, 4) is 6.07 Å². The van der Waals surface area contributed by atoms with Crippen molar-refractivity contribution in [1.82, 2.24) is 0 Å². The Balaban J connectivity index is 3.44. The SMILES string of the molecule is CCc1cc(C#N)cc(F)c1C(C)=O. The van der Waals surface area contributed by atoms with Crippen LogP contribution in [-0.4, -0.2) is 5.78 Å². The van der Waals surface area contributed by atoms with Crippen molar-refractivity contribution in [3.63, 3.8) is 0 Å². The Morgan fingerprint density at radius 3 is 2.64 bits per heavy atom. The molecule has 0 fully saturated rings. The largest absolute Gasteiger partial charge is 0.294 e. The summed E-state index contributed by atoms with van der Waals surface area (Å²) in [4.78, 5) is 11.1. The molecule has 2 nitrogen and oxygen atoms in total. The van der Waals surface area contributed by atoms with Crippen molar-refractivity contribution in [1.29, 1.82) is 5.26 Å². The molecule has 0 bridgehead atoms. The van der Waals surface area contributed by atoms with Crippen LogP contribution >= 0.6 is 0 Å².